The van der Waals surface area contributed by atoms with E-state index in [1.165, 1.54) is 36.0 Å². The lowest BCUT2D eigenvalue weighted by molar-refractivity contribution is -0.0315. The zero-order valence-electron chi connectivity index (χ0n) is 13.2. The molecule has 3 rings (SSSR count). The molecule has 1 saturated heterocycles. The average Bonchev–Trinajstić information content (AvgIpc) is 2.36. The van der Waals surface area contributed by atoms with E-state index < -0.39 is 0 Å². The van der Waals surface area contributed by atoms with Gasteiger partial charge in [0.2, 0.25) is 0 Å². The molecule has 2 aliphatic heterocycles. The number of fused-ring (bicyclic) bond motifs is 1. The van der Waals surface area contributed by atoms with Gasteiger partial charge in [-0.1, -0.05) is 38.5 Å². The molecule has 0 N–H and O–H groups in total. The molecular formula is C18H26OS. The Balaban J connectivity index is 1.89. The first kappa shape index (κ1) is 14.5. The van der Waals surface area contributed by atoms with Gasteiger partial charge >= 0.3 is 0 Å². The largest absolute Gasteiger partial charge is 0.371 e. The zero-order valence-corrected chi connectivity index (χ0v) is 14.0. The Labute approximate surface area is 127 Å². The maximum Gasteiger partial charge on any atom is 0.0878 e. The van der Waals surface area contributed by atoms with E-state index in [1.807, 2.05) is 0 Å². The van der Waals surface area contributed by atoms with Crippen LogP contribution in [-0.2, 0) is 16.8 Å². The predicted octanol–water partition coefficient (Wildman–Crippen LogP) is 5.23. The van der Waals surface area contributed by atoms with Crippen molar-refractivity contribution in [3.05, 3.63) is 34.9 Å². The van der Waals surface area contributed by atoms with Crippen molar-refractivity contribution in [3.8, 4) is 0 Å². The molecule has 1 nitrogen and oxygen atoms in total. The molecular weight excluding hydrogens is 264 g/mol. The van der Waals surface area contributed by atoms with Crippen molar-refractivity contribution in [2.24, 2.45) is 0 Å². The van der Waals surface area contributed by atoms with Crippen LogP contribution in [0.4, 0.5) is 0 Å². The Morgan fingerprint density at radius 1 is 1.20 bits per heavy atom. The molecule has 110 valence electrons. The van der Waals surface area contributed by atoms with E-state index in [4.69, 9.17) is 4.74 Å². The minimum absolute atomic E-state index is 0.120. The van der Waals surface area contributed by atoms with Crippen LogP contribution in [0.15, 0.2) is 18.2 Å². The van der Waals surface area contributed by atoms with E-state index in [-0.39, 0.29) is 5.60 Å². The topological polar surface area (TPSA) is 9.23 Å². The third-order valence-corrected chi connectivity index (χ3v) is 6.33. The van der Waals surface area contributed by atoms with E-state index in [9.17, 15) is 0 Å². The lowest BCUT2D eigenvalue weighted by Gasteiger charge is -2.37. The van der Waals surface area contributed by atoms with Crippen molar-refractivity contribution in [3.63, 3.8) is 0 Å². The fraction of sp³-hybridized carbons (Fsp3) is 0.667. The standard InChI is InChI=1S/C18H26OS/c1-17(2)10-5-6-16(20-17)14-7-8-15-13(12-14)9-11-19-18(15,3)4/h7-8,12,16H,5-6,9-11H2,1-4H3. The van der Waals surface area contributed by atoms with Crippen LogP contribution in [0.2, 0.25) is 0 Å². The van der Waals surface area contributed by atoms with Crippen LogP contribution in [0.25, 0.3) is 0 Å². The molecule has 1 unspecified atom stereocenters. The quantitative estimate of drug-likeness (QED) is 0.700. The van der Waals surface area contributed by atoms with Crippen molar-refractivity contribution in [2.45, 2.75) is 69.0 Å². The molecule has 0 spiro atoms. The number of thioether (sulfide) groups is 1. The molecule has 1 aromatic rings. The summed E-state index contributed by atoms with van der Waals surface area (Å²) in [5, 5.41) is 0.676. The number of hydrogen-bond acceptors (Lipinski definition) is 2. The van der Waals surface area contributed by atoms with Crippen LogP contribution in [-0.4, -0.2) is 11.4 Å². The fourth-order valence-corrected chi connectivity index (χ4v) is 5.15. The molecule has 2 heterocycles. The van der Waals surface area contributed by atoms with Crippen molar-refractivity contribution < 1.29 is 4.74 Å². The minimum Gasteiger partial charge on any atom is -0.371 e. The molecule has 20 heavy (non-hydrogen) atoms. The lowest BCUT2D eigenvalue weighted by Crippen LogP contribution is -2.29. The molecule has 0 radical (unpaired) electrons. The smallest absolute Gasteiger partial charge is 0.0878 e. The second-order valence-electron chi connectivity index (χ2n) is 7.28. The summed E-state index contributed by atoms with van der Waals surface area (Å²) in [4.78, 5) is 0. The van der Waals surface area contributed by atoms with E-state index in [0.717, 1.165) is 13.0 Å². The van der Waals surface area contributed by atoms with Gasteiger partial charge < -0.3 is 4.74 Å². The Morgan fingerprint density at radius 2 is 2.00 bits per heavy atom. The molecule has 1 fully saturated rings. The fourth-order valence-electron chi connectivity index (χ4n) is 3.55. The summed E-state index contributed by atoms with van der Waals surface area (Å²) in [5.74, 6) is 0. The van der Waals surface area contributed by atoms with E-state index in [0.29, 0.717) is 10.00 Å². The van der Waals surface area contributed by atoms with Gasteiger partial charge in [-0.05, 0) is 49.8 Å². The normalized spacial score (nSPS) is 27.9. The summed E-state index contributed by atoms with van der Waals surface area (Å²) in [6, 6.07) is 7.11. The number of benzene rings is 1. The Kier molecular flexibility index (Phi) is 3.66. The van der Waals surface area contributed by atoms with Gasteiger partial charge in [0.1, 0.15) is 0 Å². The van der Waals surface area contributed by atoms with Gasteiger partial charge in [-0.15, -0.1) is 11.8 Å². The van der Waals surface area contributed by atoms with Crippen molar-refractivity contribution in [2.75, 3.05) is 6.61 Å². The van der Waals surface area contributed by atoms with Crippen LogP contribution in [0.3, 0.4) is 0 Å². The van der Waals surface area contributed by atoms with Gasteiger partial charge in [-0.2, -0.15) is 0 Å². The zero-order chi connectivity index (χ0) is 14.4. The maximum absolute atomic E-state index is 5.90. The predicted molar refractivity (Wildman–Crippen MR) is 87.4 cm³/mol. The van der Waals surface area contributed by atoms with Gasteiger partial charge in [0, 0.05) is 10.00 Å². The van der Waals surface area contributed by atoms with Gasteiger partial charge in [0.05, 0.1) is 12.2 Å². The first-order valence-electron chi connectivity index (χ1n) is 7.82. The van der Waals surface area contributed by atoms with E-state index >= 15 is 0 Å². The maximum atomic E-state index is 5.90. The summed E-state index contributed by atoms with van der Waals surface area (Å²) in [6.45, 7) is 10.00. The summed E-state index contributed by atoms with van der Waals surface area (Å²) in [6.07, 6.45) is 5.09. The molecule has 0 amide bonds. The monoisotopic (exact) mass is 290 g/mol. The van der Waals surface area contributed by atoms with Crippen LogP contribution >= 0.6 is 11.8 Å². The van der Waals surface area contributed by atoms with Crippen LogP contribution in [0, 0.1) is 0 Å². The van der Waals surface area contributed by atoms with Crippen LogP contribution in [0.5, 0.6) is 0 Å². The molecule has 0 saturated carbocycles. The average molecular weight is 290 g/mol. The molecule has 0 bridgehead atoms. The Morgan fingerprint density at radius 3 is 2.75 bits per heavy atom. The summed E-state index contributed by atoms with van der Waals surface area (Å²) in [7, 11) is 0. The second kappa shape index (κ2) is 5.06. The number of ether oxygens (including phenoxy) is 1. The van der Waals surface area contributed by atoms with Gasteiger partial charge in [-0.3, -0.25) is 0 Å². The van der Waals surface area contributed by atoms with Crippen molar-refractivity contribution in [1.82, 2.24) is 0 Å². The van der Waals surface area contributed by atoms with E-state index in [2.05, 4.69) is 57.7 Å². The van der Waals surface area contributed by atoms with Crippen molar-refractivity contribution in [1.29, 1.82) is 0 Å². The van der Waals surface area contributed by atoms with Crippen LogP contribution in [0.1, 0.15) is 68.9 Å². The van der Waals surface area contributed by atoms with Gasteiger partial charge in [0.25, 0.3) is 0 Å². The van der Waals surface area contributed by atoms with Crippen molar-refractivity contribution >= 4 is 11.8 Å². The Hall–Kier alpha value is -0.470. The number of rotatable bonds is 1. The molecule has 2 heteroatoms. The van der Waals surface area contributed by atoms with Gasteiger partial charge in [0.15, 0.2) is 0 Å². The van der Waals surface area contributed by atoms with E-state index in [1.54, 1.807) is 0 Å². The molecule has 1 aromatic carbocycles. The summed E-state index contributed by atoms with van der Waals surface area (Å²) in [5.41, 5.74) is 4.29. The number of hydrogen-bond donors (Lipinski definition) is 0. The first-order valence-corrected chi connectivity index (χ1v) is 8.70. The third-order valence-electron chi connectivity index (χ3n) is 4.69. The Bertz CT molecular complexity index is 504. The lowest BCUT2D eigenvalue weighted by atomic mass is 9.87. The third kappa shape index (κ3) is 2.78. The SMILES string of the molecule is CC1(C)CCCC(c2ccc3c(c2)CCOC3(C)C)S1. The molecule has 0 aromatic heterocycles. The molecule has 0 aliphatic carbocycles. The summed E-state index contributed by atoms with van der Waals surface area (Å²) >= 11 is 2.16. The highest BCUT2D eigenvalue weighted by Crippen LogP contribution is 2.49. The highest BCUT2D eigenvalue weighted by molar-refractivity contribution is 8.00. The highest BCUT2D eigenvalue weighted by Gasteiger charge is 2.32. The summed E-state index contributed by atoms with van der Waals surface area (Å²) < 4.78 is 6.34. The van der Waals surface area contributed by atoms with Gasteiger partial charge in [-0.25, -0.2) is 0 Å². The highest BCUT2D eigenvalue weighted by atomic mass is 32.2. The molecule has 2 aliphatic rings. The second-order valence-corrected chi connectivity index (χ2v) is 9.19. The minimum atomic E-state index is -0.120. The first-order chi connectivity index (χ1) is 9.37. The van der Waals surface area contributed by atoms with Crippen LogP contribution < -0.4 is 0 Å². The molecule has 1 atom stereocenters.